The highest BCUT2D eigenvalue weighted by Gasteiger charge is 2.32. The predicted octanol–water partition coefficient (Wildman–Crippen LogP) is 4.88. The van der Waals surface area contributed by atoms with Gasteiger partial charge in [-0.1, -0.05) is 61.3 Å². The maximum Gasteiger partial charge on any atom is 0.264 e. The molecule has 39 heavy (non-hydrogen) atoms. The first kappa shape index (κ1) is 30.0. The van der Waals surface area contributed by atoms with Gasteiger partial charge < -0.3 is 15.0 Å². The largest absolute Gasteiger partial charge is 0.497 e. The quantitative estimate of drug-likeness (QED) is 0.295. The molecule has 0 radical (unpaired) electrons. The molecule has 0 saturated carbocycles. The smallest absolute Gasteiger partial charge is 0.264 e. The number of nitrogens with zero attached hydrogens (tertiary/aromatic N) is 2. The summed E-state index contributed by atoms with van der Waals surface area (Å²) >= 11 is 6.19. The second kappa shape index (κ2) is 14.0. The van der Waals surface area contributed by atoms with Gasteiger partial charge in [-0.2, -0.15) is 0 Å². The zero-order valence-electron chi connectivity index (χ0n) is 22.3. The van der Waals surface area contributed by atoms with Gasteiger partial charge in [-0.25, -0.2) is 8.42 Å². The summed E-state index contributed by atoms with van der Waals surface area (Å²) in [6.45, 7) is 3.68. The number of benzene rings is 3. The van der Waals surface area contributed by atoms with Crippen molar-refractivity contribution in [2.24, 2.45) is 0 Å². The SMILES string of the molecule is CCCCNC(=O)[C@H](C)N(Cc1cccc(OC)c1)C(=O)CN(c1cccc(Cl)c1)S(=O)(=O)c1ccccc1. The number of carbonyl (C=O) groups is 2. The lowest BCUT2D eigenvalue weighted by atomic mass is 10.1. The molecular formula is C29H34ClN3O5S. The number of amides is 2. The summed E-state index contributed by atoms with van der Waals surface area (Å²) < 4.78 is 33.8. The molecule has 10 heteroatoms. The number of sulfonamides is 1. The van der Waals surface area contributed by atoms with Crippen LogP contribution in [0.5, 0.6) is 5.75 Å². The number of rotatable bonds is 13. The van der Waals surface area contributed by atoms with Crippen LogP contribution in [-0.2, 0) is 26.2 Å². The molecular weight excluding hydrogens is 538 g/mol. The van der Waals surface area contributed by atoms with Crippen molar-refractivity contribution in [3.8, 4) is 5.75 Å². The van der Waals surface area contributed by atoms with Crippen LogP contribution in [0.15, 0.2) is 83.8 Å². The average molecular weight is 572 g/mol. The summed E-state index contributed by atoms with van der Waals surface area (Å²) in [4.78, 5) is 28.3. The third-order valence-electron chi connectivity index (χ3n) is 6.19. The van der Waals surface area contributed by atoms with E-state index in [0.717, 1.165) is 22.7 Å². The zero-order chi connectivity index (χ0) is 28.4. The number of carbonyl (C=O) groups excluding carboxylic acids is 2. The van der Waals surface area contributed by atoms with Gasteiger partial charge in [-0.15, -0.1) is 0 Å². The fourth-order valence-electron chi connectivity index (χ4n) is 3.97. The lowest BCUT2D eigenvalue weighted by Gasteiger charge is -2.32. The van der Waals surface area contributed by atoms with Crippen LogP contribution in [0.3, 0.4) is 0 Å². The second-order valence-corrected chi connectivity index (χ2v) is 11.3. The monoisotopic (exact) mass is 571 g/mol. The summed E-state index contributed by atoms with van der Waals surface area (Å²) in [5.41, 5.74) is 0.970. The first-order chi connectivity index (χ1) is 18.7. The number of halogens is 1. The van der Waals surface area contributed by atoms with E-state index in [1.165, 1.54) is 23.1 Å². The molecule has 1 atom stereocenters. The second-order valence-electron chi connectivity index (χ2n) is 9.00. The van der Waals surface area contributed by atoms with Crippen molar-refractivity contribution in [1.29, 1.82) is 0 Å². The van der Waals surface area contributed by atoms with E-state index < -0.39 is 28.5 Å². The first-order valence-corrected chi connectivity index (χ1v) is 14.5. The molecule has 2 amide bonds. The van der Waals surface area contributed by atoms with Gasteiger partial charge in [0.25, 0.3) is 10.0 Å². The van der Waals surface area contributed by atoms with Crippen LogP contribution < -0.4 is 14.4 Å². The molecule has 0 aliphatic rings. The molecule has 3 rings (SSSR count). The van der Waals surface area contributed by atoms with E-state index >= 15 is 0 Å². The summed E-state index contributed by atoms with van der Waals surface area (Å²) in [6, 6.07) is 20.5. The Morgan fingerprint density at radius 3 is 2.38 bits per heavy atom. The molecule has 0 bridgehead atoms. The fraction of sp³-hybridized carbons (Fsp3) is 0.310. The molecule has 8 nitrogen and oxygen atoms in total. The number of hydrogen-bond donors (Lipinski definition) is 1. The lowest BCUT2D eigenvalue weighted by Crippen LogP contribution is -2.51. The molecule has 0 aliphatic heterocycles. The molecule has 0 unspecified atom stereocenters. The Balaban J connectivity index is 2.00. The molecule has 3 aromatic carbocycles. The van der Waals surface area contributed by atoms with Crippen molar-refractivity contribution in [3.05, 3.63) is 89.4 Å². The minimum Gasteiger partial charge on any atom is -0.497 e. The molecule has 0 heterocycles. The van der Waals surface area contributed by atoms with Crippen molar-refractivity contribution >= 4 is 39.1 Å². The van der Waals surface area contributed by atoms with Gasteiger partial charge >= 0.3 is 0 Å². The summed E-state index contributed by atoms with van der Waals surface area (Å²) in [5.74, 6) is -0.262. The van der Waals surface area contributed by atoms with Gasteiger partial charge in [-0.05, 0) is 61.4 Å². The Hall–Kier alpha value is -3.56. The van der Waals surface area contributed by atoms with E-state index in [1.54, 1.807) is 68.6 Å². The van der Waals surface area contributed by atoms with Crippen molar-refractivity contribution in [1.82, 2.24) is 10.2 Å². The normalized spacial score (nSPS) is 11.9. The summed E-state index contributed by atoms with van der Waals surface area (Å²) in [7, 11) is -2.60. The van der Waals surface area contributed by atoms with Gasteiger partial charge in [0.05, 0.1) is 17.7 Å². The number of anilines is 1. The minimum absolute atomic E-state index is 0.0301. The minimum atomic E-state index is -4.14. The van der Waals surface area contributed by atoms with Crippen molar-refractivity contribution in [3.63, 3.8) is 0 Å². The van der Waals surface area contributed by atoms with Crippen molar-refractivity contribution < 1.29 is 22.7 Å². The number of ether oxygens (including phenoxy) is 1. The van der Waals surface area contributed by atoms with Crippen molar-refractivity contribution in [2.75, 3.05) is 24.5 Å². The average Bonchev–Trinajstić information content (AvgIpc) is 2.94. The molecule has 0 fully saturated rings. The maximum atomic E-state index is 13.9. The summed E-state index contributed by atoms with van der Waals surface area (Å²) in [5, 5.41) is 3.19. The van der Waals surface area contributed by atoms with E-state index in [0.29, 0.717) is 17.3 Å². The zero-order valence-corrected chi connectivity index (χ0v) is 23.9. The van der Waals surface area contributed by atoms with Crippen molar-refractivity contribution in [2.45, 2.75) is 44.2 Å². The molecule has 0 aromatic heterocycles. The Bertz CT molecular complexity index is 1370. The number of hydrogen-bond acceptors (Lipinski definition) is 5. The standard InChI is InChI=1S/C29H34ClN3O5S/c1-4-5-17-31-29(35)22(2)32(20-23-11-9-14-26(18-23)38-3)28(34)21-33(25-13-10-12-24(30)19-25)39(36,37)27-15-7-6-8-16-27/h6-16,18-19,22H,4-5,17,20-21H2,1-3H3,(H,31,35)/t22-/m0/s1. The molecule has 0 aliphatic carbocycles. The fourth-order valence-corrected chi connectivity index (χ4v) is 5.58. The highest BCUT2D eigenvalue weighted by molar-refractivity contribution is 7.92. The van der Waals surface area contributed by atoms with E-state index in [2.05, 4.69) is 5.32 Å². The molecule has 0 spiro atoms. The van der Waals surface area contributed by atoms with E-state index in [-0.39, 0.29) is 23.0 Å². The topological polar surface area (TPSA) is 96.0 Å². The Morgan fingerprint density at radius 2 is 1.72 bits per heavy atom. The summed E-state index contributed by atoms with van der Waals surface area (Å²) in [6.07, 6.45) is 1.72. The lowest BCUT2D eigenvalue weighted by molar-refractivity contribution is -0.139. The van der Waals surface area contributed by atoms with Crippen LogP contribution in [0.4, 0.5) is 5.69 Å². The third-order valence-corrected chi connectivity index (χ3v) is 8.21. The maximum absolute atomic E-state index is 13.9. The van der Waals surface area contributed by atoms with Gasteiger partial charge in [-0.3, -0.25) is 13.9 Å². The van der Waals surface area contributed by atoms with Crippen LogP contribution in [0.2, 0.25) is 5.02 Å². The molecule has 1 N–H and O–H groups in total. The van der Waals surface area contributed by atoms with Crippen LogP contribution in [0, 0.1) is 0 Å². The van der Waals surface area contributed by atoms with Crippen LogP contribution in [-0.4, -0.2) is 51.4 Å². The number of unbranched alkanes of at least 4 members (excludes halogenated alkanes) is 1. The van der Waals surface area contributed by atoms with Gasteiger partial charge in [0.2, 0.25) is 11.8 Å². The van der Waals surface area contributed by atoms with Gasteiger partial charge in [0, 0.05) is 18.1 Å². The van der Waals surface area contributed by atoms with E-state index in [4.69, 9.17) is 16.3 Å². The first-order valence-electron chi connectivity index (χ1n) is 12.7. The molecule has 0 saturated heterocycles. The Kier molecular flexibility index (Phi) is 10.8. The predicted molar refractivity (Wildman–Crippen MR) is 153 cm³/mol. The van der Waals surface area contributed by atoms with Crippen LogP contribution >= 0.6 is 11.6 Å². The highest BCUT2D eigenvalue weighted by atomic mass is 35.5. The van der Waals surface area contributed by atoms with Crippen LogP contribution in [0.25, 0.3) is 0 Å². The highest BCUT2D eigenvalue weighted by Crippen LogP contribution is 2.27. The van der Waals surface area contributed by atoms with Gasteiger partial charge in [0.15, 0.2) is 0 Å². The number of methoxy groups -OCH3 is 1. The third kappa shape index (κ3) is 7.97. The van der Waals surface area contributed by atoms with Crippen LogP contribution in [0.1, 0.15) is 32.3 Å². The van der Waals surface area contributed by atoms with E-state index in [9.17, 15) is 18.0 Å². The number of nitrogens with one attached hydrogen (secondary N) is 1. The van der Waals surface area contributed by atoms with Gasteiger partial charge in [0.1, 0.15) is 18.3 Å². The Morgan fingerprint density at radius 1 is 1.00 bits per heavy atom. The van der Waals surface area contributed by atoms with E-state index in [1.807, 2.05) is 13.0 Å². The molecule has 3 aromatic rings. The Labute approximate surface area is 235 Å². The molecule has 208 valence electrons.